The van der Waals surface area contributed by atoms with Gasteiger partial charge in [-0.1, -0.05) is 29.4 Å². The molecule has 2 aromatic carbocycles. The number of aryl methyl sites for hydroxylation is 1. The quantitative estimate of drug-likeness (QED) is 0.0579. The van der Waals surface area contributed by atoms with Crippen LogP contribution >= 0.6 is 0 Å². The molecule has 0 aliphatic heterocycles. The number of azide groups is 1. The Morgan fingerprint density at radius 3 is 2.16 bits per heavy atom. The van der Waals surface area contributed by atoms with Crippen molar-refractivity contribution in [2.24, 2.45) is 11.0 Å². The Hall–Kier alpha value is -3.60. The fraction of sp³-hybridized carbons (Fsp3) is 0.440. The maximum Gasteiger partial charge on any atom is 0.416 e. The van der Waals surface area contributed by atoms with Crippen LogP contribution in [-0.4, -0.2) is 58.4 Å². The first-order valence-electron chi connectivity index (χ1n) is 11.4. The van der Waals surface area contributed by atoms with Gasteiger partial charge in [-0.15, -0.1) is 0 Å². The Bertz CT molecular complexity index is 1040. The van der Waals surface area contributed by atoms with E-state index in [0.29, 0.717) is 45.2 Å². The van der Waals surface area contributed by atoms with Crippen molar-refractivity contribution in [3.8, 4) is 5.75 Å². The van der Waals surface area contributed by atoms with Crippen molar-refractivity contribution in [2.75, 3.05) is 46.7 Å². The van der Waals surface area contributed by atoms with Crippen LogP contribution in [0, 0.1) is 5.92 Å². The number of alkyl halides is 3. The summed E-state index contributed by atoms with van der Waals surface area (Å²) >= 11 is 0. The Morgan fingerprint density at radius 1 is 0.946 bits per heavy atom. The van der Waals surface area contributed by atoms with Gasteiger partial charge in [-0.25, -0.2) is 0 Å². The Morgan fingerprint density at radius 2 is 1.57 bits per heavy atom. The molecule has 0 N–H and O–H groups in total. The van der Waals surface area contributed by atoms with Gasteiger partial charge in [-0.3, -0.25) is 9.59 Å². The molecular formula is C25H28F3N3O6. The molecule has 0 aliphatic rings. The van der Waals surface area contributed by atoms with Crippen molar-refractivity contribution in [3.05, 3.63) is 75.7 Å². The SMILES string of the molecule is COC(=O)C(CCc1ccc(OCCOCCOCCN=[N+]=[N-])cc1)C(=O)c1ccc(C(F)(F)F)cc1. The Balaban J connectivity index is 1.80. The lowest BCUT2D eigenvalue weighted by Gasteiger charge is -2.15. The molecule has 0 aliphatic carbocycles. The molecule has 0 spiro atoms. The number of Topliss-reactive ketones (excluding diaryl/α,β-unsaturated/α-hetero) is 1. The summed E-state index contributed by atoms with van der Waals surface area (Å²) in [5.74, 6) is -1.87. The predicted octanol–water partition coefficient (Wildman–Crippen LogP) is 5.03. The maximum atomic E-state index is 12.8. The van der Waals surface area contributed by atoms with E-state index in [0.717, 1.165) is 36.9 Å². The standard InChI is InChI=1S/C25H28F3N3O6/c1-34-24(33)22(23(32)19-5-7-20(8-6-19)25(26,27)28)11-4-18-2-9-21(10-3-18)37-17-16-36-15-14-35-13-12-30-31-29/h2-3,5-10,22H,4,11-17H2,1H3. The van der Waals surface area contributed by atoms with Gasteiger partial charge in [0, 0.05) is 17.0 Å². The van der Waals surface area contributed by atoms with Crippen molar-refractivity contribution in [3.63, 3.8) is 0 Å². The molecule has 0 bridgehead atoms. The van der Waals surface area contributed by atoms with Crippen LogP contribution in [0.1, 0.15) is 27.9 Å². The molecular weight excluding hydrogens is 495 g/mol. The molecule has 0 heterocycles. The van der Waals surface area contributed by atoms with E-state index in [-0.39, 0.29) is 18.5 Å². The van der Waals surface area contributed by atoms with Crippen molar-refractivity contribution >= 4 is 11.8 Å². The van der Waals surface area contributed by atoms with Crippen molar-refractivity contribution < 1.29 is 41.7 Å². The molecule has 37 heavy (non-hydrogen) atoms. The Labute approximate surface area is 212 Å². The number of hydrogen-bond acceptors (Lipinski definition) is 7. The van der Waals surface area contributed by atoms with Gasteiger partial charge in [0.15, 0.2) is 5.78 Å². The number of nitrogens with zero attached hydrogens (tertiary/aromatic N) is 3. The van der Waals surface area contributed by atoms with Crippen LogP contribution in [-0.2, 0) is 31.6 Å². The summed E-state index contributed by atoms with van der Waals surface area (Å²) in [5, 5.41) is 3.35. The second kappa shape index (κ2) is 15.5. The summed E-state index contributed by atoms with van der Waals surface area (Å²) in [6.07, 6.45) is -4.02. The average molecular weight is 524 g/mol. The third-order valence-electron chi connectivity index (χ3n) is 5.21. The Kier molecular flexibility index (Phi) is 12.4. The van der Waals surface area contributed by atoms with Crippen LogP contribution in [0.2, 0.25) is 0 Å². The number of ether oxygens (including phenoxy) is 4. The molecule has 1 atom stereocenters. The lowest BCUT2D eigenvalue weighted by molar-refractivity contribution is -0.144. The van der Waals surface area contributed by atoms with Gasteiger partial charge in [0.2, 0.25) is 0 Å². The minimum atomic E-state index is -4.52. The molecule has 1 unspecified atom stereocenters. The van der Waals surface area contributed by atoms with Crippen molar-refractivity contribution in [1.29, 1.82) is 0 Å². The minimum absolute atomic E-state index is 0.00842. The summed E-state index contributed by atoms with van der Waals surface area (Å²) < 4.78 is 59.3. The van der Waals surface area contributed by atoms with Gasteiger partial charge in [0.25, 0.3) is 0 Å². The molecule has 12 heteroatoms. The second-order valence-electron chi connectivity index (χ2n) is 7.73. The third kappa shape index (κ3) is 10.5. The normalized spacial score (nSPS) is 11.9. The minimum Gasteiger partial charge on any atom is -0.491 e. The first-order chi connectivity index (χ1) is 17.8. The van der Waals surface area contributed by atoms with Crippen LogP contribution in [0.5, 0.6) is 5.75 Å². The van der Waals surface area contributed by atoms with Crippen LogP contribution < -0.4 is 4.74 Å². The molecule has 200 valence electrons. The van der Waals surface area contributed by atoms with E-state index in [1.807, 2.05) is 0 Å². The number of rotatable bonds is 16. The summed E-state index contributed by atoms with van der Waals surface area (Å²) in [6, 6.07) is 10.8. The molecule has 0 fully saturated rings. The molecule has 0 saturated heterocycles. The third-order valence-corrected chi connectivity index (χ3v) is 5.21. The highest BCUT2D eigenvalue weighted by Gasteiger charge is 2.32. The number of carbonyl (C=O) groups is 2. The van der Waals surface area contributed by atoms with Gasteiger partial charge in [-0.2, -0.15) is 13.2 Å². The van der Waals surface area contributed by atoms with Gasteiger partial charge in [-0.05, 0) is 48.2 Å². The largest absolute Gasteiger partial charge is 0.491 e. The fourth-order valence-corrected chi connectivity index (χ4v) is 3.28. The van der Waals surface area contributed by atoms with Crippen molar-refractivity contribution in [2.45, 2.75) is 19.0 Å². The van der Waals surface area contributed by atoms with Crippen LogP contribution in [0.3, 0.4) is 0 Å². The summed E-state index contributed by atoms with van der Waals surface area (Å²) in [5.41, 5.74) is 8.12. The number of carbonyl (C=O) groups excluding carboxylic acids is 2. The molecule has 0 aromatic heterocycles. The smallest absolute Gasteiger partial charge is 0.416 e. The lowest BCUT2D eigenvalue weighted by Crippen LogP contribution is -2.26. The highest BCUT2D eigenvalue weighted by Crippen LogP contribution is 2.29. The number of esters is 1. The monoisotopic (exact) mass is 523 g/mol. The van der Waals surface area contributed by atoms with Crippen LogP contribution in [0.15, 0.2) is 53.6 Å². The highest BCUT2D eigenvalue weighted by atomic mass is 19.4. The number of benzene rings is 2. The highest BCUT2D eigenvalue weighted by molar-refractivity contribution is 6.08. The fourth-order valence-electron chi connectivity index (χ4n) is 3.28. The second-order valence-corrected chi connectivity index (χ2v) is 7.73. The predicted molar refractivity (Wildman–Crippen MR) is 127 cm³/mol. The topological polar surface area (TPSA) is 120 Å². The van der Waals surface area contributed by atoms with Crippen molar-refractivity contribution in [1.82, 2.24) is 0 Å². The first kappa shape index (κ1) is 29.6. The lowest BCUT2D eigenvalue weighted by atomic mass is 9.91. The summed E-state index contributed by atoms with van der Waals surface area (Å²) in [4.78, 5) is 27.7. The molecule has 0 saturated carbocycles. The molecule has 2 aromatic rings. The van der Waals surface area contributed by atoms with E-state index in [2.05, 4.69) is 10.0 Å². The number of hydrogen-bond donors (Lipinski definition) is 0. The van der Waals surface area contributed by atoms with Gasteiger partial charge in [0.1, 0.15) is 18.3 Å². The zero-order valence-corrected chi connectivity index (χ0v) is 20.3. The summed E-state index contributed by atoms with van der Waals surface area (Å²) in [6.45, 7) is 2.04. The van der Waals surface area contributed by atoms with E-state index < -0.39 is 29.4 Å². The number of methoxy groups -OCH3 is 1. The molecule has 9 nitrogen and oxygen atoms in total. The van der Waals surface area contributed by atoms with Crippen LogP contribution in [0.25, 0.3) is 10.4 Å². The molecule has 2 rings (SSSR count). The number of halogens is 3. The first-order valence-corrected chi connectivity index (χ1v) is 11.4. The van der Waals surface area contributed by atoms with E-state index in [9.17, 15) is 22.8 Å². The summed E-state index contributed by atoms with van der Waals surface area (Å²) in [7, 11) is 1.16. The zero-order valence-electron chi connectivity index (χ0n) is 20.3. The van der Waals surface area contributed by atoms with E-state index >= 15 is 0 Å². The van der Waals surface area contributed by atoms with E-state index in [4.69, 9.17) is 24.5 Å². The number of ketones is 1. The van der Waals surface area contributed by atoms with E-state index in [1.165, 1.54) is 0 Å². The molecule has 0 radical (unpaired) electrons. The zero-order chi connectivity index (χ0) is 27.1. The van der Waals surface area contributed by atoms with Gasteiger partial charge < -0.3 is 18.9 Å². The maximum absolute atomic E-state index is 12.8. The van der Waals surface area contributed by atoms with E-state index in [1.54, 1.807) is 24.3 Å². The van der Waals surface area contributed by atoms with Gasteiger partial charge in [0.05, 0.1) is 39.1 Å². The average Bonchev–Trinajstić information content (AvgIpc) is 2.90. The van der Waals surface area contributed by atoms with Gasteiger partial charge >= 0.3 is 12.1 Å². The van der Waals surface area contributed by atoms with Crippen LogP contribution in [0.4, 0.5) is 13.2 Å². The molecule has 0 amide bonds.